The van der Waals surface area contributed by atoms with E-state index in [1.54, 1.807) is 7.11 Å². The van der Waals surface area contributed by atoms with Gasteiger partial charge in [-0.1, -0.05) is 37.1 Å². The molecule has 0 unspecified atom stereocenters. The van der Waals surface area contributed by atoms with Crippen molar-refractivity contribution in [3.8, 4) is 0 Å². The molecule has 0 aromatic heterocycles. The Morgan fingerprint density at radius 2 is 1.83 bits per heavy atom. The molecule has 30 heavy (non-hydrogen) atoms. The van der Waals surface area contributed by atoms with Crippen LogP contribution in [0.5, 0.6) is 0 Å². The smallest absolute Gasteiger partial charge is 0.222 e. The van der Waals surface area contributed by atoms with Crippen molar-refractivity contribution >= 4 is 35.8 Å². The minimum Gasteiger partial charge on any atom is -0.385 e. The molecule has 6 nitrogen and oxygen atoms in total. The highest BCUT2D eigenvalue weighted by Crippen LogP contribution is 2.40. The van der Waals surface area contributed by atoms with E-state index >= 15 is 0 Å². The molecule has 1 saturated heterocycles. The Bertz CT molecular complexity index is 687. The fourth-order valence-corrected chi connectivity index (χ4v) is 4.49. The van der Waals surface area contributed by atoms with Crippen LogP contribution in [0.25, 0.3) is 0 Å². The largest absolute Gasteiger partial charge is 0.385 e. The van der Waals surface area contributed by atoms with E-state index < -0.39 is 0 Å². The van der Waals surface area contributed by atoms with Gasteiger partial charge >= 0.3 is 0 Å². The van der Waals surface area contributed by atoms with Crippen molar-refractivity contribution in [1.29, 1.82) is 0 Å². The van der Waals surface area contributed by atoms with Crippen LogP contribution in [0.2, 0.25) is 0 Å². The molecule has 1 aliphatic carbocycles. The molecule has 1 aromatic rings. The van der Waals surface area contributed by atoms with Crippen molar-refractivity contribution < 1.29 is 9.53 Å². The monoisotopic (exact) mass is 528 g/mol. The molecule has 2 aliphatic rings. The first kappa shape index (κ1) is 24.9. The molecular formula is C23H37IN4O2. The summed E-state index contributed by atoms with van der Waals surface area (Å²) < 4.78 is 5.33. The molecule has 1 heterocycles. The molecule has 1 saturated carbocycles. The van der Waals surface area contributed by atoms with Crippen molar-refractivity contribution in [3.63, 3.8) is 0 Å². The molecule has 3 rings (SSSR count). The second kappa shape index (κ2) is 12.5. The van der Waals surface area contributed by atoms with Crippen LogP contribution in [-0.2, 0) is 22.6 Å². The van der Waals surface area contributed by atoms with Gasteiger partial charge in [-0.2, -0.15) is 0 Å². The van der Waals surface area contributed by atoms with Gasteiger partial charge in [0.1, 0.15) is 0 Å². The highest BCUT2D eigenvalue weighted by Gasteiger charge is 2.33. The SMILES string of the molecule is CN=C(NCc1ccc(CN2CCCC2=O)cc1)NCC1(CCOC)CCCC1.I. The normalized spacial score (nSPS) is 18.4. The number of benzene rings is 1. The van der Waals surface area contributed by atoms with Crippen LogP contribution in [0.15, 0.2) is 29.3 Å². The Morgan fingerprint density at radius 3 is 2.43 bits per heavy atom. The average Bonchev–Trinajstić information content (AvgIpc) is 3.37. The number of hydrogen-bond donors (Lipinski definition) is 2. The highest BCUT2D eigenvalue weighted by molar-refractivity contribution is 14.0. The third-order valence-electron chi connectivity index (χ3n) is 6.38. The van der Waals surface area contributed by atoms with Gasteiger partial charge in [-0.25, -0.2) is 0 Å². The molecule has 0 bridgehead atoms. The van der Waals surface area contributed by atoms with Gasteiger partial charge in [-0.15, -0.1) is 24.0 Å². The molecule has 1 aromatic carbocycles. The lowest BCUT2D eigenvalue weighted by atomic mass is 9.83. The summed E-state index contributed by atoms with van der Waals surface area (Å²) in [6.45, 7) is 4.10. The van der Waals surface area contributed by atoms with E-state index in [4.69, 9.17) is 4.74 Å². The zero-order valence-electron chi connectivity index (χ0n) is 18.4. The van der Waals surface area contributed by atoms with Gasteiger partial charge < -0.3 is 20.3 Å². The van der Waals surface area contributed by atoms with Crippen molar-refractivity contribution in [1.82, 2.24) is 15.5 Å². The minimum atomic E-state index is 0. The predicted molar refractivity (Wildman–Crippen MR) is 132 cm³/mol. The lowest BCUT2D eigenvalue weighted by Gasteiger charge is -2.30. The zero-order valence-corrected chi connectivity index (χ0v) is 20.7. The second-order valence-electron chi connectivity index (χ2n) is 8.46. The lowest BCUT2D eigenvalue weighted by molar-refractivity contribution is -0.128. The van der Waals surface area contributed by atoms with E-state index in [9.17, 15) is 4.79 Å². The first-order chi connectivity index (χ1) is 14.1. The van der Waals surface area contributed by atoms with Gasteiger partial charge in [0.25, 0.3) is 0 Å². The van der Waals surface area contributed by atoms with Gasteiger partial charge in [0.2, 0.25) is 5.91 Å². The number of rotatable bonds is 9. The summed E-state index contributed by atoms with van der Waals surface area (Å²) >= 11 is 0. The Labute approximate surface area is 198 Å². The fraction of sp³-hybridized carbons (Fsp3) is 0.652. The number of halogens is 1. The van der Waals surface area contributed by atoms with Crippen LogP contribution in [0.1, 0.15) is 56.1 Å². The molecule has 1 amide bonds. The van der Waals surface area contributed by atoms with Crippen LogP contribution in [0, 0.1) is 5.41 Å². The summed E-state index contributed by atoms with van der Waals surface area (Å²) in [5.41, 5.74) is 2.73. The van der Waals surface area contributed by atoms with E-state index in [1.165, 1.54) is 36.8 Å². The molecule has 0 atom stereocenters. The second-order valence-corrected chi connectivity index (χ2v) is 8.46. The van der Waals surface area contributed by atoms with Crippen LogP contribution in [-0.4, -0.2) is 50.6 Å². The van der Waals surface area contributed by atoms with Gasteiger partial charge in [-0.05, 0) is 42.2 Å². The van der Waals surface area contributed by atoms with Gasteiger partial charge in [0, 0.05) is 53.4 Å². The van der Waals surface area contributed by atoms with Crippen molar-refractivity contribution in [2.75, 3.05) is 33.9 Å². The third-order valence-corrected chi connectivity index (χ3v) is 6.38. The number of ether oxygens (including phenoxy) is 1. The van der Waals surface area contributed by atoms with Crippen molar-refractivity contribution in [2.45, 2.75) is 58.0 Å². The van der Waals surface area contributed by atoms with Crippen molar-refractivity contribution in [3.05, 3.63) is 35.4 Å². The van der Waals surface area contributed by atoms with E-state index in [-0.39, 0.29) is 29.9 Å². The predicted octanol–water partition coefficient (Wildman–Crippen LogP) is 3.69. The number of amides is 1. The average molecular weight is 528 g/mol. The Balaban J connectivity index is 0.00000320. The summed E-state index contributed by atoms with van der Waals surface area (Å²) in [7, 11) is 3.60. The first-order valence-corrected chi connectivity index (χ1v) is 10.9. The van der Waals surface area contributed by atoms with Crippen LogP contribution < -0.4 is 10.6 Å². The Kier molecular flexibility index (Phi) is 10.4. The minimum absolute atomic E-state index is 0. The molecule has 168 valence electrons. The maximum Gasteiger partial charge on any atom is 0.222 e. The molecule has 2 N–H and O–H groups in total. The van der Waals surface area contributed by atoms with Gasteiger partial charge in [-0.3, -0.25) is 9.79 Å². The number of nitrogens with zero attached hydrogens (tertiary/aromatic N) is 2. The van der Waals surface area contributed by atoms with E-state index in [0.29, 0.717) is 11.8 Å². The van der Waals surface area contributed by atoms with E-state index in [0.717, 1.165) is 51.6 Å². The summed E-state index contributed by atoms with van der Waals surface area (Å²) in [4.78, 5) is 18.1. The Hall–Kier alpha value is -1.35. The van der Waals surface area contributed by atoms with Crippen molar-refractivity contribution in [2.24, 2.45) is 10.4 Å². The highest BCUT2D eigenvalue weighted by atomic mass is 127. The van der Waals surface area contributed by atoms with E-state index in [2.05, 4.69) is 39.9 Å². The fourth-order valence-electron chi connectivity index (χ4n) is 4.49. The number of carbonyl (C=O) groups excluding carboxylic acids is 1. The Morgan fingerprint density at radius 1 is 1.13 bits per heavy atom. The van der Waals surface area contributed by atoms with Crippen LogP contribution in [0.4, 0.5) is 0 Å². The number of aliphatic imine (C=N–C) groups is 1. The molecule has 0 radical (unpaired) electrons. The summed E-state index contributed by atoms with van der Waals surface area (Å²) in [6.07, 6.45) is 7.94. The standard InChI is InChI=1S/C23H36N4O2.HI/c1-24-22(26-18-23(13-15-29-2)11-3-4-12-23)25-16-19-7-9-20(10-8-19)17-27-14-5-6-21(27)28;/h7-10H,3-6,11-18H2,1-2H3,(H2,24,25,26);1H. The number of likely N-dealkylation sites (tertiary alicyclic amines) is 1. The summed E-state index contributed by atoms with van der Waals surface area (Å²) in [5.74, 6) is 1.12. The number of methoxy groups -OCH3 is 1. The van der Waals surface area contributed by atoms with Crippen LogP contribution >= 0.6 is 24.0 Å². The lowest BCUT2D eigenvalue weighted by Crippen LogP contribution is -2.43. The van der Waals surface area contributed by atoms with E-state index in [1.807, 2.05) is 11.9 Å². The topological polar surface area (TPSA) is 66.0 Å². The van der Waals surface area contributed by atoms with Crippen LogP contribution in [0.3, 0.4) is 0 Å². The third kappa shape index (κ3) is 7.11. The molecule has 2 fully saturated rings. The molecule has 7 heteroatoms. The summed E-state index contributed by atoms with van der Waals surface area (Å²) in [5, 5.41) is 6.96. The number of carbonyl (C=O) groups is 1. The zero-order chi connectivity index (χ0) is 20.5. The van der Waals surface area contributed by atoms with Gasteiger partial charge in [0.15, 0.2) is 5.96 Å². The maximum atomic E-state index is 11.8. The number of guanidine groups is 1. The number of nitrogens with one attached hydrogen (secondary N) is 2. The molecular weight excluding hydrogens is 491 g/mol. The number of hydrogen-bond acceptors (Lipinski definition) is 3. The van der Waals surface area contributed by atoms with Gasteiger partial charge in [0.05, 0.1) is 0 Å². The first-order valence-electron chi connectivity index (χ1n) is 10.9. The molecule has 1 aliphatic heterocycles. The molecule has 0 spiro atoms. The quantitative estimate of drug-likeness (QED) is 0.292. The maximum absolute atomic E-state index is 11.8. The summed E-state index contributed by atoms with van der Waals surface area (Å²) in [6, 6.07) is 8.51.